The van der Waals surface area contributed by atoms with E-state index in [0.717, 1.165) is 0 Å². The average molecular weight is 258 g/mol. The summed E-state index contributed by atoms with van der Waals surface area (Å²) in [5.41, 5.74) is 0. The van der Waals surface area contributed by atoms with Crippen molar-refractivity contribution in [3.05, 3.63) is 0 Å². The van der Waals surface area contributed by atoms with Crippen LogP contribution in [-0.2, 0) is 13.7 Å². The van der Waals surface area contributed by atoms with Crippen LogP contribution in [0.15, 0.2) is 0 Å². The zero-order chi connectivity index (χ0) is 11.3. The maximum Gasteiger partial charge on any atom is 0.337 e. The number of rotatable bonds is 2. The van der Waals surface area contributed by atoms with Crippen molar-refractivity contribution in [1.29, 1.82) is 0 Å². The van der Waals surface area contributed by atoms with E-state index in [9.17, 15) is 9.13 Å². The van der Waals surface area contributed by atoms with Crippen LogP contribution in [0.5, 0.6) is 0 Å². The van der Waals surface area contributed by atoms with Crippen molar-refractivity contribution in [2.45, 2.75) is 0 Å². The van der Waals surface area contributed by atoms with E-state index in [-0.39, 0.29) is 0 Å². The highest BCUT2D eigenvalue weighted by Crippen LogP contribution is 2.51. The maximum absolute atomic E-state index is 9.85. The van der Waals surface area contributed by atoms with Crippen LogP contribution in [0.3, 0.4) is 0 Å². The first-order chi connectivity index (χ1) is 5.44. The molecular formula is CH9O9P3. The zero-order valence-electron chi connectivity index (χ0n) is 6.01. The summed E-state index contributed by atoms with van der Waals surface area (Å²) in [4.78, 5) is 46.2. The molecule has 0 aliphatic heterocycles. The molecule has 0 aromatic heterocycles. The van der Waals surface area contributed by atoms with Gasteiger partial charge in [-0.05, 0) is 0 Å². The van der Waals surface area contributed by atoms with Gasteiger partial charge < -0.3 is 29.4 Å². The van der Waals surface area contributed by atoms with Crippen molar-refractivity contribution in [3.63, 3.8) is 0 Å². The standard InChI is InChI=1S/CH6O6P2.H3O3P/c2-8(3,4)1-9(5,6)7;1-4(2)3/h1H2,(H2,2,3,4)(H2,5,6,7);4H,(H2,1,2,3). The molecular weight excluding hydrogens is 249 g/mol. The van der Waals surface area contributed by atoms with Crippen LogP contribution >= 0.6 is 23.4 Å². The fourth-order valence-electron chi connectivity index (χ4n) is 0.240. The zero-order valence-corrected chi connectivity index (χ0v) is 8.80. The van der Waals surface area contributed by atoms with Gasteiger partial charge in [0.15, 0.2) is 5.90 Å². The van der Waals surface area contributed by atoms with E-state index in [1.807, 2.05) is 0 Å². The topological polar surface area (TPSA) is 173 Å². The molecule has 0 fully saturated rings. The third kappa shape index (κ3) is 32.7. The SMILES string of the molecule is O=P(O)(O)CP(=O)(O)O.O=[PH](O)O. The van der Waals surface area contributed by atoms with Crippen LogP contribution in [0.2, 0.25) is 0 Å². The van der Waals surface area contributed by atoms with Crippen molar-refractivity contribution < 1.29 is 43.1 Å². The molecule has 0 heterocycles. The van der Waals surface area contributed by atoms with Gasteiger partial charge in [0.2, 0.25) is 0 Å². The molecule has 0 radical (unpaired) electrons. The maximum atomic E-state index is 9.85. The molecule has 13 heavy (non-hydrogen) atoms. The van der Waals surface area contributed by atoms with E-state index >= 15 is 0 Å². The second-order valence-electron chi connectivity index (χ2n) is 1.75. The Morgan fingerprint density at radius 3 is 1.08 bits per heavy atom. The van der Waals surface area contributed by atoms with Crippen LogP contribution in [0.1, 0.15) is 0 Å². The van der Waals surface area contributed by atoms with E-state index in [1.165, 1.54) is 0 Å². The highest BCUT2D eigenvalue weighted by atomic mass is 31.2. The predicted molar refractivity (Wildman–Crippen MR) is 42.4 cm³/mol. The average Bonchev–Trinajstić information content (AvgIpc) is 1.47. The monoisotopic (exact) mass is 258 g/mol. The third-order valence-corrected chi connectivity index (χ3v) is 3.32. The van der Waals surface area contributed by atoms with Crippen LogP contribution < -0.4 is 0 Å². The molecule has 0 aromatic rings. The fraction of sp³-hybridized carbons (Fsp3) is 1.00. The van der Waals surface area contributed by atoms with Crippen molar-refractivity contribution >= 4 is 23.4 Å². The van der Waals surface area contributed by atoms with Crippen molar-refractivity contribution in [2.24, 2.45) is 0 Å². The van der Waals surface area contributed by atoms with Gasteiger partial charge in [0.25, 0.3) is 0 Å². The van der Waals surface area contributed by atoms with Crippen LogP contribution in [-0.4, -0.2) is 35.3 Å². The summed E-state index contributed by atoms with van der Waals surface area (Å²) in [6.45, 7) is 0. The molecule has 0 aromatic carbocycles. The first-order valence-corrected chi connectivity index (χ1v) is 7.35. The van der Waals surface area contributed by atoms with Gasteiger partial charge in [-0.15, -0.1) is 0 Å². The highest BCUT2D eigenvalue weighted by molar-refractivity contribution is 7.69. The smallest absolute Gasteiger partial charge is 0.326 e. The van der Waals surface area contributed by atoms with Crippen LogP contribution in [0.4, 0.5) is 0 Å². The van der Waals surface area contributed by atoms with Gasteiger partial charge in [0.05, 0.1) is 0 Å². The molecule has 0 spiro atoms. The minimum absolute atomic E-state index is 1.38. The van der Waals surface area contributed by atoms with E-state index in [0.29, 0.717) is 0 Å². The summed E-state index contributed by atoms with van der Waals surface area (Å²) in [6.07, 6.45) is 0. The Kier molecular flexibility index (Phi) is 7.38. The molecule has 0 bridgehead atoms. The third-order valence-electron chi connectivity index (χ3n) is 0.368. The quantitative estimate of drug-likeness (QED) is 0.327. The van der Waals surface area contributed by atoms with Gasteiger partial charge in [0, 0.05) is 0 Å². The van der Waals surface area contributed by atoms with E-state index in [2.05, 4.69) is 0 Å². The molecule has 12 heteroatoms. The van der Waals surface area contributed by atoms with Gasteiger partial charge in [0.1, 0.15) is 0 Å². The van der Waals surface area contributed by atoms with Crippen molar-refractivity contribution in [3.8, 4) is 0 Å². The summed E-state index contributed by atoms with van der Waals surface area (Å²) in [5, 5.41) is 0. The van der Waals surface area contributed by atoms with Gasteiger partial charge in [-0.25, -0.2) is 0 Å². The lowest BCUT2D eigenvalue weighted by Gasteiger charge is -2.03. The Bertz CT molecular complexity index is 220. The lowest BCUT2D eigenvalue weighted by Crippen LogP contribution is -1.88. The van der Waals surface area contributed by atoms with E-state index in [1.54, 1.807) is 0 Å². The van der Waals surface area contributed by atoms with Crippen molar-refractivity contribution in [2.75, 3.05) is 5.90 Å². The Balaban J connectivity index is 0. The summed E-state index contributed by atoms with van der Waals surface area (Å²) < 4.78 is 28.4. The second-order valence-corrected chi connectivity index (χ2v) is 6.11. The summed E-state index contributed by atoms with van der Waals surface area (Å²) in [5.74, 6) is -1.38. The molecule has 0 rings (SSSR count). The summed E-state index contributed by atoms with van der Waals surface area (Å²) in [6, 6.07) is 0. The molecule has 0 aliphatic rings. The van der Waals surface area contributed by atoms with Crippen LogP contribution in [0, 0.1) is 0 Å². The van der Waals surface area contributed by atoms with E-state index < -0.39 is 29.3 Å². The number of hydrogen-bond acceptors (Lipinski definition) is 3. The molecule has 0 saturated carbocycles. The lowest BCUT2D eigenvalue weighted by atomic mass is 11.9. The van der Waals surface area contributed by atoms with Gasteiger partial charge in [-0.2, -0.15) is 0 Å². The highest BCUT2D eigenvalue weighted by Gasteiger charge is 2.26. The molecule has 82 valence electrons. The van der Waals surface area contributed by atoms with Crippen molar-refractivity contribution in [1.82, 2.24) is 0 Å². The minimum Gasteiger partial charge on any atom is -0.326 e. The van der Waals surface area contributed by atoms with Crippen LogP contribution in [0.25, 0.3) is 0 Å². The normalized spacial score (nSPS) is 12.2. The molecule has 0 aliphatic carbocycles. The Hall–Kier alpha value is 0.450. The Morgan fingerprint density at radius 2 is 1.08 bits per heavy atom. The fourth-order valence-corrected chi connectivity index (χ4v) is 2.16. The summed E-state index contributed by atoms with van der Waals surface area (Å²) >= 11 is 0. The summed E-state index contributed by atoms with van der Waals surface area (Å²) in [7, 11) is -12.2. The molecule has 0 saturated heterocycles. The lowest BCUT2D eigenvalue weighted by molar-refractivity contribution is 0.356. The van der Waals surface area contributed by atoms with E-state index in [4.69, 9.17) is 33.9 Å². The molecule has 0 atom stereocenters. The Morgan fingerprint density at radius 1 is 0.923 bits per heavy atom. The van der Waals surface area contributed by atoms with Gasteiger partial charge in [-0.3, -0.25) is 13.7 Å². The van der Waals surface area contributed by atoms with Gasteiger partial charge in [-0.1, -0.05) is 0 Å². The second kappa shape index (κ2) is 6.03. The first-order valence-electron chi connectivity index (χ1n) is 2.45. The molecule has 9 nitrogen and oxygen atoms in total. The Labute approximate surface area is 73.3 Å². The molecule has 6 N–H and O–H groups in total. The van der Waals surface area contributed by atoms with Gasteiger partial charge >= 0.3 is 23.4 Å². The minimum atomic E-state index is -4.55. The number of hydrogen-bond donors (Lipinski definition) is 6. The predicted octanol–water partition coefficient (Wildman–Crippen LogP) is -1.34. The molecule has 0 unspecified atom stereocenters. The first kappa shape index (κ1) is 15.9. The largest absolute Gasteiger partial charge is 0.337 e. The molecule has 0 amide bonds.